The Morgan fingerprint density at radius 1 is 1.08 bits per heavy atom. The van der Waals surface area contributed by atoms with Gasteiger partial charge in [0, 0.05) is 49.1 Å². The van der Waals surface area contributed by atoms with E-state index in [4.69, 9.17) is 14.6 Å². The lowest BCUT2D eigenvalue weighted by Gasteiger charge is -2.32. The first kappa shape index (κ1) is 23.6. The summed E-state index contributed by atoms with van der Waals surface area (Å²) < 4.78 is 26.4. The van der Waals surface area contributed by atoms with Gasteiger partial charge < -0.3 is 19.7 Å². The van der Waals surface area contributed by atoms with Crippen molar-refractivity contribution in [3.8, 4) is 22.8 Å². The molecule has 9 heteroatoms. The quantitative estimate of drug-likeness (QED) is 0.421. The molecule has 1 amide bonds. The number of amides is 1. The first-order chi connectivity index (χ1) is 17.6. The van der Waals surface area contributed by atoms with E-state index in [1.807, 2.05) is 35.0 Å². The summed E-state index contributed by atoms with van der Waals surface area (Å²) >= 11 is 0. The highest BCUT2D eigenvalue weighted by Crippen LogP contribution is 2.33. The molecule has 0 spiro atoms. The number of aromatic nitrogens is 3. The van der Waals surface area contributed by atoms with Crippen molar-refractivity contribution in [3.63, 3.8) is 0 Å². The molecule has 0 saturated carbocycles. The van der Waals surface area contributed by atoms with Crippen LogP contribution in [-0.2, 0) is 11.3 Å². The number of anilines is 1. The number of piperidine rings is 1. The number of ether oxygens (including phenoxy) is 2. The van der Waals surface area contributed by atoms with Gasteiger partial charge in [0.1, 0.15) is 11.3 Å². The van der Waals surface area contributed by atoms with Gasteiger partial charge >= 0.3 is 0 Å². The van der Waals surface area contributed by atoms with Crippen LogP contribution in [0.2, 0.25) is 0 Å². The number of carbonyl (C=O) groups excluding carboxylic acids is 1. The highest BCUT2D eigenvalue weighted by molar-refractivity contribution is 5.80. The Labute approximate surface area is 208 Å². The minimum atomic E-state index is -0.306. The maximum atomic E-state index is 13.8. The summed E-state index contributed by atoms with van der Waals surface area (Å²) in [4.78, 5) is 19.5. The molecule has 1 N–H and O–H groups in total. The topological polar surface area (TPSA) is 81.0 Å². The van der Waals surface area contributed by atoms with Gasteiger partial charge in [0.05, 0.1) is 19.9 Å². The molecule has 2 aromatic carbocycles. The second-order valence-corrected chi connectivity index (χ2v) is 8.75. The van der Waals surface area contributed by atoms with E-state index in [9.17, 15) is 9.18 Å². The number of carbonyl (C=O) groups is 1. The molecule has 3 heterocycles. The lowest BCUT2D eigenvalue weighted by atomic mass is 9.95. The van der Waals surface area contributed by atoms with Crippen molar-refractivity contribution >= 4 is 17.2 Å². The third-order valence-electron chi connectivity index (χ3n) is 6.63. The van der Waals surface area contributed by atoms with E-state index in [-0.39, 0.29) is 24.2 Å². The molecule has 5 rings (SSSR count). The maximum absolute atomic E-state index is 13.8. The molecule has 1 aliphatic heterocycles. The van der Waals surface area contributed by atoms with Crippen molar-refractivity contribution in [2.75, 3.05) is 32.2 Å². The Kier molecular flexibility index (Phi) is 6.71. The highest BCUT2D eigenvalue weighted by Gasteiger charge is 2.27. The number of halogens is 1. The van der Waals surface area contributed by atoms with Crippen molar-refractivity contribution < 1.29 is 18.7 Å². The fourth-order valence-electron chi connectivity index (χ4n) is 4.61. The Hall–Kier alpha value is -4.14. The second kappa shape index (κ2) is 10.2. The number of methoxy groups -OCH3 is 2. The number of hydrogen-bond acceptors (Lipinski definition) is 6. The molecule has 0 bridgehead atoms. The standard InChI is InChI=1S/C27H28FN5O3/c1-35-24-8-7-19(15-25(24)36-2)22-16-23-26(29-11-14-33(23)31-22)32-12-9-18(10-13-32)27(34)30-17-20-5-3-4-6-21(20)28/h3-8,11,14-16,18H,9-10,12-13,17H2,1-2H3,(H,30,34). The molecule has 8 nitrogen and oxygen atoms in total. The van der Waals surface area contributed by atoms with Gasteiger partial charge in [-0.2, -0.15) is 5.10 Å². The maximum Gasteiger partial charge on any atom is 0.223 e. The number of nitrogens with zero attached hydrogens (tertiary/aromatic N) is 4. The first-order valence-electron chi connectivity index (χ1n) is 11.9. The van der Waals surface area contributed by atoms with Crippen LogP contribution >= 0.6 is 0 Å². The summed E-state index contributed by atoms with van der Waals surface area (Å²) in [6, 6.07) is 14.2. The van der Waals surface area contributed by atoms with E-state index in [2.05, 4.69) is 15.2 Å². The summed E-state index contributed by atoms with van der Waals surface area (Å²) in [5.74, 6) is 1.68. The smallest absolute Gasteiger partial charge is 0.223 e. The number of benzene rings is 2. The van der Waals surface area contributed by atoms with E-state index >= 15 is 0 Å². The minimum Gasteiger partial charge on any atom is -0.493 e. The Balaban J connectivity index is 1.28. The zero-order valence-corrected chi connectivity index (χ0v) is 20.3. The molecule has 36 heavy (non-hydrogen) atoms. The van der Waals surface area contributed by atoms with Crippen molar-refractivity contribution in [2.24, 2.45) is 5.92 Å². The molecular formula is C27H28FN5O3. The van der Waals surface area contributed by atoms with Gasteiger partial charge in [-0.15, -0.1) is 0 Å². The van der Waals surface area contributed by atoms with Gasteiger partial charge in [0.2, 0.25) is 5.91 Å². The van der Waals surface area contributed by atoms with Crippen molar-refractivity contribution in [2.45, 2.75) is 19.4 Å². The van der Waals surface area contributed by atoms with Crippen molar-refractivity contribution in [1.82, 2.24) is 19.9 Å². The molecule has 1 aliphatic rings. The van der Waals surface area contributed by atoms with Gasteiger partial charge in [-0.1, -0.05) is 18.2 Å². The molecule has 1 saturated heterocycles. The van der Waals surface area contributed by atoms with E-state index in [0.717, 1.165) is 22.6 Å². The molecule has 0 unspecified atom stereocenters. The normalized spacial score (nSPS) is 14.1. The minimum absolute atomic E-state index is 0.0378. The molecule has 1 fully saturated rings. The van der Waals surface area contributed by atoms with E-state index in [0.29, 0.717) is 43.0 Å². The van der Waals surface area contributed by atoms with Gasteiger partial charge in [0.15, 0.2) is 17.3 Å². The largest absolute Gasteiger partial charge is 0.493 e. The lowest BCUT2D eigenvalue weighted by Crippen LogP contribution is -2.40. The van der Waals surface area contributed by atoms with Crippen LogP contribution in [0, 0.1) is 11.7 Å². The van der Waals surface area contributed by atoms with Gasteiger partial charge in [-0.3, -0.25) is 4.79 Å². The third kappa shape index (κ3) is 4.68. The highest BCUT2D eigenvalue weighted by atomic mass is 19.1. The summed E-state index contributed by atoms with van der Waals surface area (Å²) in [7, 11) is 3.22. The zero-order valence-electron chi connectivity index (χ0n) is 20.3. The second-order valence-electron chi connectivity index (χ2n) is 8.75. The van der Waals surface area contributed by atoms with Gasteiger partial charge in [-0.25, -0.2) is 13.9 Å². The number of rotatable bonds is 7. The van der Waals surface area contributed by atoms with Gasteiger partial charge in [-0.05, 0) is 43.2 Å². The van der Waals surface area contributed by atoms with Crippen LogP contribution in [0.5, 0.6) is 11.5 Å². The summed E-state index contributed by atoms with van der Waals surface area (Å²) in [5, 5.41) is 7.62. The predicted molar refractivity (Wildman–Crippen MR) is 135 cm³/mol. The van der Waals surface area contributed by atoms with Gasteiger partial charge in [0.25, 0.3) is 0 Å². The van der Waals surface area contributed by atoms with Crippen LogP contribution in [-0.4, -0.2) is 47.8 Å². The molecule has 186 valence electrons. The Bertz CT molecular complexity index is 1380. The lowest BCUT2D eigenvalue weighted by molar-refractivity contribution is -0.125. The SMILES string of the molecule is COc1ccc(-c2cc3c(N4CCC(C(=O)NCc5ccccc5F)CC4)nccn3n2)cc1OC. The number of fused-ring (bicyclic) bond motifs is 1. The van der Waals surface area contributed by atoms with Crippen LogP contribution in [0.3, 0.4) is 0 Å². The third-order valence-corrected chi connectivity index (χ3v) is 6.63. The molecule has 4 aromatic rings. The molecule has 0 atom stereocenters. The summed E-state index contributed by atoms with van der Waals surface area (Å²) in [5.41, 5.74) is 3.09. The first-order valence-corrected chi connectivity index (χ1v) is 11.9. The fourth-order valence-corrected chi connectivity index (χ4v) is 4.61. The van der Waals surface area contributed by atoms with Crippen LogP contribution in [0.1, 0.15) is 18.4 Å². The monoisotopic (exact) mass is 489 g/mol. The van der Waals surface area contributed by atoms with E-state index < -0.39 is 0 Å². The molecule has 0 radical (unpaired) electrons. The average Bonchev–Trinajstić information content (AvgIpc) is 3.37. The summed E-state index contributed by atoms with van der Waals surface area (Å²) in [6.45, 7) is 1.59. The van der Waals surface area contributed by atoms with Crippen molar-refractivity contribution in [3.05, 3.63) is 72.3 Å². The Morgan fingerprint density at radius 2 is 1.86 bits per heavy atom. The summed E-state index contributed by atoms with van der Waals surface area (Å²) in [6.07, 6.45) is 4.96. The number of nitrogens with one attached hydrogen (secondary N) is 1. The number of hydrogen-bond donors (Lipinski definition) is 1. The Morgan fingerprint density at radius 3 is 2.61 bits per heavy atom. The van der Waals surface area contributed by atoms with Crippen LogP contribution in [0.15, 0.2) is 60.9 Å². The molecule has 0 aliphatic carbocycles. The molecule has 2 aromatic heterocycles. The van der Waals surface area contributed by atoms with E-state index in [1.54, 1.807) is 38.6 Å². The average molecular weight is 490 g/mol. The van der Waals surface area contributed by atoms with Crippen LogP contribution < -0.4 is 19.7 Å². The van der Waals surface area contributed by atoms with Crippen LogP contribution in [0.4, 0.5) is 10.2 Å². The van der Waals surface area contributed by atoms with Crippen molar-refractivity contribution in [1.29, 1.82) is 0 Å². The van der Waals surface area contributed by atoms with E-state index in [1.165, 1.54) is 6.07 Å². The zero-order chi connectivity index (χ0) is 25.1. The fraction of sp³-hybridized carbons (Fsp3) is 0.296. The molecular weight excluding hydrogens is 461 g/mol. The predicted octanol–water partition coefficient (Wildman–Crippen LogP) is 4.09. The van der Waals surface area contributed by atoms with Crippen LogP contribution in [0.25, 0.3) is 16.8 Å².